The van der Waals surface area contributed by atoms with E-state index in [-0.39, 0.29) is 0 Å². The number of nitrogens with one attached hydrogen (secondary N) is 1. The molecule has 2 nitrogen and oxygen atoms in total. The zero-order valence-electron chi connectivity index (χ0n) is 8.47. The summed E-state index contributed by atoms with van der Waals surface area (Å²) in [7, 11) is 0. The second-order valence-electron chi connectivity index (χ2n) is 3.84. The summed E-state index contributed by atoms with van der Waals surface area (Å²) in [6.45, 7) is 8.75. The van der Waals surface area contributed by atoms with Crippen LogP contribution in [0.5, 0.6) is 0 Å². The molecule has 1 rings (SSSR count). The summed E-state index contributed by atoms with van der Waals surface area (Å²) in [6.07, 6.45) is 2.87. The van der Waals surface area contributed by atoms with Gasteiger partial charge in [-0.1, -0.05) is 13.8 Å². The van der Waals surface area contributed by atoms with Crippen LogP contribution in [0, 0.1) is 5.92 Å². The molecule has 1 aliphatic heterocycles. The molecule has 0 aliphatic carbocycles. The largest absolute Gasteiger partial charge is 0.376 e. The smallest absolute Gasteiger partial charge is 0.0751 e. The predicted octanol–water partition coefficient (Wildman–Crippen LogP) is 1.80. The van der Waals surface area contributed by atoms with E-state index in [0.29, 0.717) is 12.1 Å². The third-order valence-electron chi connectivity index (χ3n) is 2.65. The molecule has 0 aromatic heterocycles. The maximum absolute atomic E-state index is 5.66. The first-order valence-corrected chi connectivity index (χ1v) is 5.10. The van der Waals surface area contributed by atoms with Gasteiger partial charge < -0.3 is 10.1 Å². The van der Waals surface area contributed by atoms with E-state index in [1.807, 2.05) is 0 Å². The fraction of sp³-hybridized carbons (Fsp3) is 1.00. The van der Waals surface area contributed by atoms with Crippen molar-refractivity contribution < 1.29 is 4.74 Å². The fourth-order valence-electron chi connectivity index (χ4n) is 1.84. The number of hydrogen-bond acceptors (Lipinski definition) is 2. The molecule has 2 heteroatoms. The van der Waals surface area contributed by atoms with Gasteiger partial charge in [0.2, 0.25) is 0 Å². The van der Waals surface area contributed by atoms with Gasteiger partial charge in [-0.15, -0.1) is 0 Å². The quantitative estimate of drug-likeness (QED) is 0.696. The maximum atomic E-state index is 5.66. The molecule has 0 spiro atoms. The molecule has 0 bridgehead atoms. The maximum Gasteiger partial charge on any atom is 0.0751 e. The van der Waals surface area contributed by atoms with Gasteiger partial charge in [0.05, 0.1) is 6.10 Å². The van der Waals surface area contributed by atoms with Crippen molar-refractivity contribution in [3.63, 3.8) is 0 Å². The lowest BCUT2D eigenvalue weighted by molar-refractivity contribution is 0.0665. The van der Waals surface area contributed by atoms with Gasteiger partial charge in [-0.2, -0.15) is 0 Å². The Bertz CT molecular complexity index is 127. The van der Waals surface area contributed by atoms with Crippen molar-refractivity contribution in [2.75, 3.05) is 13.2 Å². The van der Waals surface area contributed by atoms with Crippen molar-refractivity contribution in [3.8, 4) is 0 Å². The second kappa shape index (κ2) is 4.83. The van der Waals surface area contributed by atoms with Gasteiger partial charge in [-0.3, -0.25) is 0 Å². The van der Waals surface area contributed by atoms with Crippen molar-refractivity contribution in [1.82, 2.24) is 5.32 Å². The minimum Gasteiger partial charge on any atom is -0.376 e. The Kier molecular flexibility index (Phi) is 4.02. The average Bonchev–Trinajstić information content (AvgIpc) is 2.47. The van der Waals surface area contributed by atoms with E-state index in [2.05, 4.69) is 26.1 Å². The third kappa shape index (κ3) is 2.46. The molecule has 0 saturated carbocycles. The molecule has 0 aromatic carbocycles. The van der Waals surface area contributed by atoms with Gasteiger partial charge in [-0.25, -0.2) is 0 Å². The van der Waals surface area contributed by atoms with Crippen LogP contribution in [-0.4, -0.2) is 25.3 Å². The molecule has 0 amide bonds. The van der Waals surface area contributed by atoms with Crippen LogP contribution in [-0.2, 0) is 4.74 Å². The van der Waals surface area contributed by atoms with Gasteiger partial charge in [0.25, 0.3) is 0 Å². The summed E-state index contributed by atoms with van der Waals surface area (Å²) < 4.78 is 5.66. The van der Waals surface area contributed by atoms with Gasteiger partial charge in [0.15, 0.2) is 0 Å². The molecule has 3 unspecified atom stereocenters. The Morgan fingerprint density at radius 3 is 2.83 bits per heavy atom. The third-order valence-corrected chi connectivity index (χ3v) is 2.65. The monoisotopic (exact) mass is 171 g/mol. The number of rotatable bonds is 4. The Labute approximate surface area is 75.7 Å². The molecular formula is C10H21NO. The first-order valence-electron chi connectivity index (χ1n) is 5.10. The predicted molar refractivity (Wildman–Crippen MR) is 51.3 cm³/mol. The molecule has 3 atom stereocenters. The van der Waals surface area contributed by atoms with E-state index < -0.39 is 0 Å². The molecule has 1 saturated heterocycles. The normalized spacial score (nSPS) is 32.2. The summed E-state index contributed by atoms with van der Waals surface area (Å²) in [5.41, 5.74) is 0. The molecule has 0 radical (unpaired) electrons. The lowest BCUT2D eigenvalue weighted by Gasteiger charge is -2.23. The standard InChI is InChI=1S/C10H21NO/c1-4-6-11-9(3)10-8(2)5-7-12-10/h8-11H,4-7H2,1-3H3. The van der Waals surface area contributed by atoms with Gasteiger partial charge in [0.1, 0.15) is 0 Å². The summed E-state index contributed by atoms with van der Waals surface area (Å²) in [5.74, 6) is 0.726. The highest BCUT2D eigenvalue weighted by Crippen LogP contribution is 2.22. The Balaban J connectivity index is 2.25. The van der Waals surface area contributed by atoms with Gasteiger partial charge >= 0.3 is 0 Å². The highest BCUT2D eigenvalue weighted by molar-refractivity contribution is 4.81. The minimum atomic E-state index is 0.441. The van der Waals surface area contributed by atoms with E-state index in [1.165, 1.54) is 12.8 Å². The number of ether oxygens (including phenoxy) is 1. The van der Waals surface area contributed by atoms with Crippen LogP contribution in [0.1, 0.15) is 33.6 Å². The zero-order chi connectivity index (χ0) is 8.97. The van der Waals surface area contributed by atoms with Crippen molar-refractivity contribution in [2.45, 2.75) is 45.8 Å². The minimum absolute atomic E-state index is 0.441. The highest BCUT2D eigenvalue weighted by atomic mass is 16.5. The second-order valence-corrected chi connectivity index (χ2v) is 3.84. The van der Waals surface area contributed by atoms with Crippen molar-refractivity contribution in [1.29, 1.82) is 0 Å². The molecule has 1 heterocycles. The van der Waals surface area contributed by atoms with Crippen LogP contribution in [0.3, 0.4) is 0 Å². The van der Waals surface area contributed by atoms with Crippen LogP contribution >= 0.6 is 0 Å². The molecule has 1 fully saturated rings. The Morgan fingerprint density at radius 1 is 1.58 bits per heavy atom. The van der Waals surface area contributed by atoms with Crippen molar-refractivity contribution >= 4 is 0 Å². The highest BCUT2D eigenvalue weighted by Gasteiger charge is 2.28. The summed E-state index contributed by atoms with van der Waals surface area (Å²) in [5, 5.41) is 3.48. The Hall–Kier alpha value is -0.0800. The first-order chi connectivity index (χ1) is 5.75. The molecule has 0 aromatic rings. The van der Waals surface area contributed by atoms with Crippen LogP contribution in [0.2, 0.25) is 0 Å². The van der Waals surface area contributed by atoms with E-state index >= 15 is 0 Å². The van der Waals surface area contributed by atoms with Crippen LogP contribution < -0.4 is 5.32 Å². The van der Waals surface area contributed by atoms with E-state index in [9.17, 15) is 0 Å². The van der Waals surface area contributed by atoms with Crippen LogP contribution in [0.15, 0.2) is 0 Å². The van der Waals surface area contributed by atoms with Crippen molar-refractivity contribution in [3.05, 3.63) is 0 Å². The van der Waals surface area contributed by atoms with Gasteiger partial charge in [0, 0.05) is 12.6 Å². The fourth-order valence-corrected chi connectivity index (χ4v) is 1.84. The molecule has 12 heavy (non-hydrogen) atoms. The molecule has 1 N–H and O–H groups in total. The van der Waals surface area contributed by atoms with Gasteiger partial charge in [-0.05, 0) is 32.2 Å². The summed E-state index contributed by atoms with van der Waals surface area (Å²) >= 11 is 0. The van der Waals surface area contributed by atoms with Crippen LogP contribution in [0.4, 0.5) is 0 Å². The van der Waals surface area contributed by atoms with E-state index in [4.69, 9.17) is 4.74 Å². The van der Waals surface area contributed by atoms with E-state index in [0.717, 1.165) is 19.1 Å². The van der Waals surface area contributed by atoms with Crippen molar-refractivity contribution in [2.24, 2.45) is 5.92 Å². The Morgan fingerprint density at radius 2 is 2.33 bits per heavy atom. The summed E-state index contributed by atoms with van der Waals surface area (Å²) in [6, 6.07) is 0.516. The topological polar surface area (TPSA) is 21.3 Å². The van der Waals surface area contributed by atoms with E-state index in [1.54, 1.807) is 0 Å². The number of hydrogen-bond donors (Lipinski definition) is 1. The average molecular weight is 171 g/mol. The zero-order valence-corrected chi connectivity index (χ0v) is 8.47. The molecular weight excluding hydrogens is 150 g/mol. The first kappa shape index (κ1) is 10.0. The van der Waals surface area contributed by atoms with Crippen LogP contribution in [0.25, 0.3) is 0 Å². The SMILES string of the molecule is CCCNC(C)C1OCCC1C. The lowest BCUT2D eigenvalue weighted by atomic mass is 9.99. The molecule has 72 valence electrons. The lowest BCUT2D eigenvalue weighted by Crippen LogP contribution is -2.40. The summed E-state index contributed by atoms with van der Waals surface area (Å²) in [4.78, 5) is 0. The molecule has 1 aliphatic rings.